The number of furan rings is 1. The second kappa shape index (κ2) is 8.35. The molecule has 0 atom stereocenters. The summed E-state index contributed by atoms with van der Waals surface area (Å²) in [4.78, 5) is 25.4. The lowest BCUT2D eigenvalue weighted by molar-refractivity contribution is 0.0926. The number of aromatic nitrogens is 2. The average molecular weight is 383 g/mol. The van der Waals surface area contributed by atoms with Crippen LogP contribution in [0.3, 0.4) is 0 Å². The van der Waals surface area contributed by atoms with Crippen molar-refractivity contribution in [2.75, 3.05) is 44.2 Å². The molecule has 0 radical (unpaired) electrons. The third-order valence-electron chi connectivity index (χ3n) is 4.85. The maximum Gasteiger partial charge on any atom is 0.287 e. The Morgan fingerprint density at radius 2 is 1.93 bits per heavy atom. The van der Waals surface area contributed by atoms with Crippen molar-refractivity contribution in [1.29, 1.82) is 0 Å². The Balaban J connectivity index is 1.19. The van der Waals surface area contributed by atoms with Gasteiger partial charge in [-0.25, -0.2) is 14.4 Å². The highest BCUT2D eigenvalue weighted by Crippen LogP contribution is 2.20. The Bertz CT molecular complexity index is 938. The van der Waals surface area contributed by atoms with Crippen LogP contribution in [0, 0.1) is 5.82 Å². The first-order valence-electron chi connectivity index (χ1n) is 9.41. The van der Waals surface area contributed by atoms with Crippen molar-refractivity contribution < 1.29 is 13.6 Å². The summed E-state index contributed by atoms with van der Waals surface area (Å²) in [5, 5.41) is 3.45. The van der Waals surface area contributed by atoms with E-state index in [9.17, 15) is 9.18 Å². The van der Waals surface area contributed by atoms with Crippen molar-refractivity contribution in [3.63, 3.8) is 0 Å². The standard InChI is InChI=1S/C20H22FN5O2/c21-16-3-4-17-15(13-16)14-18(28-17)19(27)22-7-2-8-25-9-11-26(12-10-25)20-23-5-1-6-24-20/h1,3-6,13-14H,2,7-12H2,(H,22,27). The lowest BCUT2D eigenvalue weighted by Crippen LogP contribution is -2.47. The minimum Gasteiger partial charge on any atom is -0.451 e. The van der Waals surface area contributed by atoms with E-state index in [1.807, 2.05) is 6.07 Å². The van der Waals surface area contributed by atoms with Crippen molar-refractivity contribution >= 4 is 22.8 Å². The van der Waals surface area contributed by atoms with E-state index >= 15 is 0 Å². The summed E-state index contributed by atoms with van der Waals surface area (Å²) in [5.41, 5.74) is 0.506. The first-order valence-corrected chi connectivity index (χ1v) is 9.41. The predicted molar refractivity (Wildman–Crippen MR) is 104 cm³/mol. The van der Waals surface area contributed by atoms with Gasteiger partial charge in [0.05, 0.1) is 0 Å². The van der Waals surface area contributed by atoms with Gasteiger partial charge in [0, 0.05) is 50.5 Å². The molecule has 3 aromatic rings. The van der Waals surface area contributed by atoms with E-state index in [4.69, 9.17) is 4.42 Å². The zero-order chi connectivity index (χ0) is 19.3. The number of hydrogen-bond acceptors (Lipinski definition) is 6. The number of hydrogen-bond donors (Lipinski definition) is 1. The molecule has 7 nitrogen and oxygen atoms in total. The van der Waals surface area contributed by atoms with Gasteiger partial charge < -0.3 is 14.6 Å². The minimum atomic E-state index is -0.348. The number of benzene rings is 1. The molecule has 146 valence electrons. The van der Waals surface area contributed by atoms with Gasteiger partial charge in [-0.1, -0.05) is 0 Å². The molecule has 2 aromatic heterocycles. The number of rotatable bonds is 6. The molecule has 0 bridgehead atoms. The second-order valence-electron chi connectivity index (χ2n) is 6.78. The predicted octanol–water partition coefficient (Wildman–Crippen LogP) is 2.30. The van der Waals surface area contributed by atoms with Crippen molar-refractivity contribution in [3.05, 3.63) is 54.3 Å². The van der Waals surface area contributed by atoms with Gasteiger partial charge in [-0.05, 0) is 43.3 Å². The molecule has 1 aromatic carbocycles. The molecule has 1 fully saturated rings. The Morgan fingerprint density at radius 3 is 2.71 bits per heavy atom. The Morgan fingerprint density at radius 1 is 1.14 bits per heavy atom. The summed E-state index contributed by atoms with van der Waals surface area (Å²) >= 11 is 0. The van der Waals surface area contributed by atoms with Gasteiger partial charge in [-0.3, -0.25) is 9.69 Å². The summed E-state index contributed by atoms with van der Waals surface area (Å²) < 4.78 is 18.7. The Kier molecular flexibility index (Phi) is 5.48. The molecule has 0 unspecified atom stereocenters. The third kappa shape index (κ3) is 4.28. The molecule has 3 heterocycles. The van der Waals surface area contributed by atoms with Gasteiger partial charge in [-0.2, -0.15) is 0 Å². The average Bonchev–Trinajstić information content (AvgIpc) is 3.15. The van der Waals surface area contributed by atoms with Gasteiger partial charge in [-0.15, -0.1) is 0 Å². The van der Waals surface area contributed by atoms with Crippen molar-refractivity contribution in [2.24, 2.45) is 0 Å². The van der Waals surface area contributed by atoms with Crippen LogP contribution in [-0.4, -0.2) is 60.0 Å². The van der Waals surface area contributed by atoms with E-state index in [0.29, 0.717) is 17.5 Å². The highest BCUT2D eigenvalue weighted by molar-refractivity contribution is 5.96. The number of amides is 1. The number of piperazine rings is 1. The molecule has 1 saturated heterocycles. The van der Waals surface area contributed by atoms with Crippen LogP contribution < -0.4 is 10.2 Å². The number of fused-ring (bicyclic) bond motifs is 1. The van der Waals surface area contributed by atoms with Crippen LogP contribution in [0.1, 0.15) is 17.0 Å². The van der Waals surface area contributed by atoms with E-state index in [2.05, 4.69) is 25.1 Å². The number of halogens is 1. The van der Waals surface area contributed by atoms with E-state index in [0.717, 1.165) is 45.1 Å². The fraction of sp³-hybridized carbons (Fsp3) is 0.350. The first kappa shape index (κ1) is 18.4. The molecule has 1 N–H and O–H groups in total. The molecule has 1 aliphatic rings. The molecule has 0 spiro atoms. The lowest BCUT2D eigenvalue weighted by Gasteiger charge is -2.34. The normalized spacial score (nSPS) is 15.1. The van der Waals surface area contributed by atoms with Gasteiger partial charge in [0.1, 0.15) is 11.4 Å². The summed E-state index contributed by atoms with van der Waals surface area (Å²) in [5.74, 6) is 0.360. The number of carbonyl (C=O) groups is 1. The molecule has 1 amide bonds. The van der Waals surface area contributed by atoms with Crippen LogP contribution in [0.25, 0.3) is 11.0 Å². The molecule has 0 aliphatic carbocycles. The first-order chi connectivity index (χ1) is 13.7. The van der Waals surface area contributed by atoms with Crippen LogP contribution in [-0.2, 0) is 0 Å². The van der Waals surface area contributed by atoms with Crippen LogP contribution >= 0.6 is 0 Å². The molecule has 0 saturated carbocycles. The van der Waals surface area contributed by atoms with E-state index < -0.39 is 0 Å². The molecule has 8 heteroatoms. The summed E-state index contributed by atoms with van der Waals surface area (Å²) in [7, 11) is 0. The molecular formula is C20H22FN5O2. The second-order valence-corrected chi connectivity index (χ2v) is 6.78. The van der Waals surface area contributed by atoms with Gasteiger partial charge in [0.15, 0.2) is 5.76 Å². The van der Waals surface area contributed by atoms with Crippen molar-refractivity contribution in [1.82, 2.24) is 20.2 Å². The number of anilines is 1. The maximum absolute atomic E-state index is 13.2. The fourth-order valence-electron chi connectivity index (χ4n) is 3.34. The Hall–Kier alpha value is -3.00. The smallest absolute Gasteiger partial charge is 0.287 e. The molecular weight excluding hydrogens is 361 g/mol. The van der Waals surface area contributed by atoms with Gasteiger partial charge >= 0.3 is 0 Å². The topological polar surface area (TPSA) is 74.5 Å². The number of carbonyl (C=O) groups excluding carboxylic acids is 1. The third-order valence-corrected chi connectivity index (χ3v) is 4.85. The summed E-state index contributed by atoms with van der Waals surface area (Å²) in [6.45, 7) is 5.15. The maximum atomic E-state index is 13.2. The SMILES string of the molecule is O=C(NCCCN1CCN(c2ncccn2)CC1)c1cc2cc(F)ccc2o1. The Labute approximate surface area is 162 Å². The molecule has 4 rings (SSSR count). The zero-order valence-corrected chi connectivity index (χ0v) is 15.5. The zero-order valence-electron chi connectivity index (χ0n) is 15.5. The quantitative estimate of drug-likeness (QED) is 0.659. The highest BCUT2D eigenvalue weighted by atomic mass is 19.1. The monoisotopic (exact) mass is 383 g/mol. The molecule has 28 heavy (non-hydrogen) atoms. The lowest BCUT2D eigenvalue weighted by atomic mass is 10.2. The van der Waals surface area contributed by atoms with Crippen molar-refractivity contribution in [2.45, 2.75) is 6.42 Å². The summed E-state index contributed by atoms with van der Waals surface area (Å²) in [6.07, 6.45) is 4.37. The van der Waals surface area contributed by atoms with Crippen LogP contribution in [0.15, 0.2) is 47.1 Å². The van der Waals surface area contributed by atoms with E-state index in [-0.39, 0.29) is 17.5 Å². The largest absolute Gasteiger partial charge is 0.451 e. The minimum absolute atomic E-state index is 0.206. The fourth-order valence-corrected chi connectivity index (χ4v) is 3.34. The van der Waals surface area contributed by atoms with Gasteiger partial charge in [0.2, 0.25) is 5.95 Å². The van der Waals surface area contributed by atoms with E-state index in [1.165, 1.54) is 18.2 Å². The number of nitrogens with zero attached hydrogens (tertiary/aromatic N) is 4. The summed E-state index contributed by atoms with van der Waals surface area (Å²) in [6, 6.07) is 7.59. The molecule has 1 aliphatic heterocycles. The van der Waals surface area contributed by atoms with Crippen LogP contribution in [0.5, 0.6) is 0 Å². The van der Waals surface area contributed by atoms with Crippen molar-refractivity contribution in [3.8, 4) is 0 Å². The van der Waals surface area contributed by atoms with Crippen LogP contribution in [0.2, 0.25) is 0 Å². The van der Waals surface area contributed by atoms with E-state index in [1.54, 1.807) is 18.5 Å². The number of nitrogens with one attached hydrogen (secondary N) is 1. The highest BCUT2D eigenvalue weighted by Gasteiger charge is 2.18. The van der Waals surface area contributed by atoms with Crippen LogP contribution in [0.4, 0.5) is 10.3 Å². The van der Waals surface area contributed by atoms with Gasteiger partial charge in [0.25, 0.3) is 5.91 Å².